The number of nitrogens with zero attached hydrogens (tertiary/aromatic N) is 4. The van der Waals surface area contributed by atoms with Crippen LogP contribution in [0.1, 0.15) is 6.92 Å². The van der Waals surface area contributed by atoms with Crippen LogP contribution in [0.25, 0.3) is 0 Å². The van der Waals surface area contributed by atoms with Crippen LogP contribution in [0.2, 0.25) is 0 Å². The normalized spacial score (nSPS) is 10.4. The van der Waals surface area contributed by atoms with Gasteiger partial charge in [-0.2, -0.15) is 10.1 Å². The highest BCUT2D eigenvalue weighted by Crippen LogP contribution is 2.31. The van der Waals surface area contributed by atoms with Gasteiger partial charge in [0, 0.05) is 12.2 Å². The minimum Gasteiger partial charge on any atom is -0.455 e. The molecule has 1 N–H and O–H groups in total. The predicted molar refractivity (Wildman–Crippen MR) is 115 cm³/mol. The van der Waals surface area contributed by atoms with Gasteiger partial charge in [-0.15, -0.1) is 5.10 Å². The number of rotatable bonds is 7. The molecule has 0 fully saturated rings. The number of para-hydroxylation sites is 4. The maximum atomic E-state index is 6.00. The molecular formula is C23H21N5O. The molecule has 0 radical (unpaired) electrons. The molecule has 1 heterocycles. The van der Waals surface area contributed by atoms with Crippen molar-refractivity contribution in [2.75, 3.05) is 16.8 Å². The number of ether oxygens (including phenoxy) is 1. The third kappa shape index (κ3) is 4.50. The zero-order valence-electron chi connectivity index (χ0n) is 16.1. The van der Waals surface area contributed by atoms with Crippen molar-refractivity contribution in [3.05, 3.63) is 91.1 Å². The lowest BCUT2D eigenvalue weighted by molar-refractivity contribution is 0.485. The summed E-state index contributed by atoms with van der Waals surface area (Å²) in [5.74, 6) is 2.57. The van der Waals surface area contributed by atoms with Gasteiger partial charge in [0.2, 0.25) is 5.95 Å². The van der Waals surface area contributed by atoms with E-state index in [1.807, 2.05) is 84.9 Å². The summed E-state index contributed by atoms with van der Waals surface area (Å²) in [6.07, 6.45) is 1.66. The third-order valence-corrected chi connectivity index (χ3v) is 4.31. The number of anilines is 4. The third-order valence-electron chi connectivity index (χ3n) is 4.31. The Morgan fingerprint density at radius 2 is 1.55 bits per heavy atom. The highest BCUT2D eigenvalue weighted by atomic mass is 16.5. The lowest BCUT2D eigenvalue weighted by atomic mass is 10.3. The molecule has 4 aromatic rings. The van der Waals surface area contributed by atoms with Crippen LogP contribution in [-0.4, -0.2) is 21.7 Å². The molecule has 0 aliphatic heterocycles. The van der Waals surface area contributed by atoms with Crippen LogP contribution in [0, 0.1) is 0 Å². The van der Waals surface area contributed by atoms with E-state index < -0.39 is 0 Å². The van der Waals surface area contributed by atoms with E-state index in [2.05, 4.69) is 32.3 Å². The molecule has 0 bridgehead atoms. The number of aromatic nitrogens is 3. The molecule has 0 amide bonds. The molecule has 0 saturated carbocycles. The predicted octanol–water partition coefficient (Wildman–Crippen LogP) is 5.57. The van der Waals surface area contributed by atoms with Crippen molar-refractivity contribution >= 4 is 23.1 Å². The van der Waals surface area contributed by atoms with Gasteiger partial charge in [0.05, 0.1) is 11.9 Å². The van der Waals surface area contributed by atoms with Crippen molar-refractivity contribution in [2.24, 2.45) is 0 Å². The van der Waals surface area contributed by atoms with Crippen molar-refractivity contribution in [3.8, 4) is 11.5 Å². The average molecular weight is 383 g/mol. The second kappa shape index (κ2) is 8.84. The van der Waals surface area contributed by atoms with E-state index in [4.69, 9.17) is 4.74 Å². The molecule has 0 saturated heterocycles. The van der Waals surface area contributed by atoms with Gasteiger partial charge in [0.25, 0.3) is 0 Å². The standard InChI is InChI=1S/C23H21N5O/c1-2-28(18-11-5-3-6-12-18)22-17-24-27-23(26-22)25-20-15-9-10-16-21(20)29-19-13-7-4-8-14-19/h3-17H,2H2,1H3,(H,25,26,27). The number of nitrogens with one attached hydrogen (secondary N) is 1. The van der Waals surface area contributed by atoms with Gasteiger partial charge in [-0.1, -0.05) is 48.5 Å². The fourth-order valence-corrected chi connectivity index (χ4v) is 2.96. The molecule has 29 heavy (non-hydrogen) atoms. The smallest absolute Gasteiger partial charge is 0.249 e. The molecule has 0 aliphatic rings. The summed E-state index contributed by atoms with van der Waals surface area (Å²) < 4.78 is 6.00. The molecule has 1 aromatic heterocycles. The highest BCUT2D eigenvalue weighted by molar-refractivity contribution is 5.65. The van der Waals surface area contributed by atoms with E-state index in [1.165, 1.54) is 0 Å². The maximum Gasteiger partial charge on any atom is 0.249 e. The molecule has 144 valence electrons. The first kappa shape index (κ1) is 18.4. The number of benzene rings is 3. The van der Waals surface area contributed by atoms with Gasteiger partial charge >= 0.3 is 0 Å². The van der Waals surface area contributed by atoms with Gasteiger partial charge in [-0.25, -0.2) is 0 Å². The Morgan fingerprint density at radius 3 is 2.31 bits per heavy atom. The molecular weight excluding hydrogens is 362 g/mol. The minimum atomic E-state index is 0.404. The van der Waals surface area contributed by atoms with E-state index in [-0.39, 0.29) is 0 Å². The summed E-state index contributed by atoms with van der Waals surface area (Å²) in [5, 5.41) is 11.5. The van der Waals surface area contributed by atoms with Crippen LogP contribution in [-0.2, 0) is 0 Å². The van der Waals surface area contributed by atoms with Crippen LogP contribution in [0.4, 0.5) is 23.1 Å². The van der Waals surface area contributed by atoms with E-state index in [0.717, 1.165) is 29.5 Å². The van der Waals surface area contributed by atoms with Gasteiger partial charge < -0.3 is 15.0 Å². The molecule has 0 atom stereocenters. The zero-order valence-corrected chi connectivity index (χ0v) is 16.1. The fraction of sp³-hybridized carbons (Fsp3) is 0.0870. The fourth-order valence-electron chi connectivity index (χ4n) is 2.96. The number of hydrogen-bond donors (Lipinski definition) is 1. The maximum absolute atomic E-state index is 6.00. The molecule has 6 heteroatoms. The first-order chi connectivity index (χ1) is 14.3. The summed E-state index contributed by atoms with van der Waals surface area (Å²) >= 11 is 0. The Balaban J connectivity index is 1.59. The van der Waals surface area contributed by atoms with Crippen LogP contribution in [0.5, 0.6) is 11.5 Å². The first-order valence-electron chi connectivity index (χ1n) is 9.45. The monoisotopic (exact) mass is 383 g/mol. The molecule has 0 unspecified atom stereocenters. The number of hydrogen-bond acceptors (Lipinski definition) is 6. The van der Waals surface area contributed by atoms with Gasteiger partial charge in [-0.3, -0.25) is 0 Å². The van der Waals surface area contributed by atoms with Crippen LogP contribution in [0.15, 0.2) is 91.1 Å². The Bertz CT molecular complexity index is 1060. The summed E-state index contributed by atoms with van der Waals surface area (Å²) in [4.78, 5) is 6.73. The Labute approximate surface area is 169 Å². The molecule has 3 aromatic carbocycles. The van der Waals surface area contributed by atoms with Gasteiger partial charge in [0.1, 0.15) is 5.75 Å². The minimum absolute atomic E-state index is 0.404. The van der Waals surface area contributed by atoms with Gasteiger partial charge in [0.15, 0.2) is 11.6 Å². The Kier molecular flexibility index (Phi) is 5.62. The van der Waals surface area contributed by atoms with Crippen LogP contribution >= 0.6 is 0 Å². The second-order valence-corrected chi connectivity index (χ2v) is 6.25. The highest BCUT2D eigenvalue weighted by Gasteiger charge is 2.12. The summed E-state index contributed by atoms with van der Waals surface area (Å²) in [7, 11) is 0. The Hall–Kier alpha value is -3.93. The van der Waals surface area contributed by atoms with Crippen LogP contribution in [0.3, 0.4) is 0 Å². The van der Waals surface area contributed by atoms with Crippen molar-refractivity contribution in [1.82, 2.24) is 15.2 Å². The second-order valence-electron chi connectivity index (χ2n) is 6.25. The summed E-state index contributed by atoms with van der Waals surface area (Å²) in [6.45, 7) is 2.83. The summed E-state index contributed by atoms with van der Waals surface area (Å²) in [5.41, 5.74) is 1.81. The van der Waals surface area contributed by atoms with Crippen molar-refractivity contribution in [1.29, 1.82) is 0 Å². The van der Waals surface area contributed by atoms with E-state index in [0.29, 0.717) is 11.7 Å². The van der Waals surface area contributed by atoms with Gasteiger partial charge in [-0.05, 0) is 43.3 Å². The average Bonchev–Trinajstić information content (AvgIpc) is 2.78. The lowest BCUT2D eigenvalue weighted by Crippen LogP contribution is -2.18. The first-order valence-corrected chi connectivity index (χ1v) is 9.45. The molecule has 4 rings (SSSR count). The zero-order chi connectivity index (χ0) is 19.9. The molecule has 0 spiro atoms. The summed E-state index contributed by atoms with van der Waals surface area (Å²) in [6, 6.07) is 27.4. The SMILES string of the molecule is CCN(c1ccccc1)c1cnnc(Nc2ccccc2Oc2ccccc2)n1. The quantitative estimate of drug-likeness (QED) is 0.450. The Morgan fingerprint density at radius 1 is 0.862 bits per heavy atom. The molecule has 0 aliphatic carbocycles. The molecule has 6 nitrogen and oxygen atoms in total. The van der Waals surface area contributed by atoms with E-state index in [1.54, 1.807) is 6.20 Å². The van der Waals surface area contributed by atoms with Crippen molar-refractivity contribution in [3.63, 3.8) is 0 Å². The van der Waals surface area contributed by atoms with E-state index in [9.17, 15) is 0 Å². The van der Waals surface area contributed by atoms with Crippen LogP contribution < -0.4 is 15.0 Å². The topological polar surface area (TPSA) is 63.2 Å². The van der Waals surface area contributed by atoms with E-state index >= 15 is 0 Å². The van der Waals surface area contributed by atoms with Crippen molar-refractivity contribution < 1.29 is 4.74 Å². The lowest BCUT2D eigenvalue weighted by Gasteiger charge is -2.21. The van der Waals surface area contributed by atoms with Crippen molar-refractivity contribution in [2.45, 2.75) is 6.92 Å². The largest absolute Gasteiger partial charge is 0.455 e.